The summed E-state index contributed by atoms with van der Waals surface area (Å²) in [5.41, 5.74) is 0.513. The number of likely N-dealkylation sites (N-methyl/N-ethyl adjacent to an activating group) is 1. The van der Waals surface area contributed by atoms with Crippen molar-refractivity contribution < 1.29 is 17.6 Å². The molecule has 27 heavy (non-hydrogen) atoms. The normalized spacial score (nSPS) is 15.4. The number of hydrogen-bond donors (Lipinski definition) is 0. The first-order valence-corrected chi connectivity index (χ1v) is 10.9. The van der Waals surface area contributed by atoms with Gasteiger partial charge >= 0.3 is 0 Å². The minimum atomic E-state index is -3.75. The van der Waals surface area contributed by atoms with Crippen molar-refractivity contribution in [2.75, 3.05) is 44.7 Å². The van der Waals surface area contributed by atoms with Gasteiger partial charge in [0.1, 0.15) is 10.0 Å². The summed E-state index contributed by atoms with van der Waals surface area (Å²) in [5.74, 6) is -0.574. The van der Waals surface area contributed by atoms with Crippen LogP contribution in [0.3, 0.4) is 0 Å². The maximum absolute atomic E-state index is 13.9. The molecule has 0 aliphatic carbocycles. The van der Waals surface area contributed by atoms with Gasteiger partial charge in [-0.3, -0.25) is 4.79 Å². The molecule has 0 N–H and O–H groups in total. The van der Waals surface area contributed by atoms with E-state index in [0.717, 1.165) is 15.6 Å². The first-order valence-electron chi connectivity index (χ1n) is 8.28. The van der Waals surface area contributed by atoms with Crippen molar-refractivity contribution in [3.63, 3.8) is 0 Å². The number of nitrogens with zero attached hydrogens (tertiary/aromatic N) is 3. The molecule has 2 heterocycles. The summed E-state index contributed by atoms with van der Waals surface area (Å²) in [6.07, 6.45) is 0. The van der Waals surface area contributed by atoms with Crippen molar-refractivity contribution in [2.45, 2.75) is 4.21 Å². The molecule has 0 spiro atoms. The molecular formula is C17H19ClFN3O3S2. The van der Waals surface area contributed by atoms with E-state index in [4.69, 9.17) is 11.6 Å². The monoisotopic (exact) mass is 431 g/mol. The third-order valence-electron chi connectivity index (χ3n) is 4.40. The number of benzene rings is 1. The van der Waals surface area contributed by atoms with Gasteiger partial charge in [0, 0.05) is 33.2 Å². The maximum atomic E-state index is 13.9. The Morgan fingerprint density at radius 3 is 2.44 bits per heavy atom. The van der Waals surface area contributed by atoms with E-state index in [1.54, 1.807) is 23.1 Å². The van der Waals surface area contributed by atoms with Crippen LogP contribution < -0.4 is 4.90 Å². The van der Waals surface area contributed by atoms with Crippen LogP contribution in [0.2, 0.25) is 4.34 Å². The van der Waals surface area contributed by atoms with Gasteiger partial charge in [0.05, 0.1) is 16.6 Å². The van der Waals surface area contributed by atoms with Gasteiger partial charge in [0.15, 0.2) is 0 Å². The van der Waals surface area contributed by atoms with Gasteiger partial charge in [-0.2, -0.15) is 4.31 Å². The van der Waals surface area contributed by atoms with Gasteiger partial charge in [-0.15, -0.1) is 11.3 Å². The molecule has 2 aromatic rings. The number of halogens is 2. The Morgan fingerprint density at radius 1 is 1.19 bits per heavy atom. The Bertz CT molecular complexity index is 927. The molecule has 1 amide bonds. The smallest absolute Gasteiger partial charge is 0.252 e. The van der Waals surface area contributed by atoms with Crippen LogP contribution in [-0.2, 0) is 14.8 Å². The number of rotatable bonds is 5. The van der Waals surface area contributed by atoms with Crippen molar-refractivity contribution >= 4 is 44.6 Å². The summed E-state index contributed by atoms with van der Waals surface area (Å²) in [6, 6.07) is 9.46. The van der Waals surface area contributed by atoms with Crippen LogP contribution in [-0.4, -0.2) is 63.3 Å². The zero-order valence-corrected chi connectivity index (χ0v) is 17.0. The van der Waals surface area contributed by atoms with Gasteiger partial charge in [-0.25, -0.2) is 12.8 Å². The largest absolute Gasteiger partial charge is 0.366 e. The second kappa shape index (κ2) is 8.14. The number of piperazine rings is 1. The lowest BCUT2D eigenvalue weighted by molar-refractivity contribution is -0.131. The average Bonchev–Trinajstić information content (AvgIpc) is 3.09. The molecule has 1 aromatic heterocycles. The van der Waals surface area contributed by atoms with E-state index in [9.17, 15) is 17.6 Å². The van der Waals surface area contributed by atoms with Gasteiger partial charge in [0.25, 0.3) is 10.0 Å². The summed E-state index contributed by atoms with van der Waals surface area (Å²) in [4.78, 5) is 16.0. The fraction of sp³-hybridized carbons (Fsp3) is 0.353. The molecule has 0 saturated carbocycles. The zero-order chi connectivity index (χ0) is 19.6. The van der Waals surface area contributed by atoms with Gasteiger partial charge < -0.3 is 9.80 Å². The first kappa shape index (κ1) is 20.1. The number of sulfonamides is 1. The van der Waals surface area contributed by atoms with Crippen molar-refractivity contribution in [3.8, 4) is 0 Å². The van der Waals surface area contributed by atoms with E-state index < -0.39 is 10.0 Å². The molecule has 0 unspecified atom stereocenters. The second-order valence-electron chi connectivity index (χ2n) is 6.14. The molecule has 6 nitrogen and oxygen atoms in total. The van der Waals surface area contributed by atoms with E-state index in [-0.39, 0.29) is 22.5 Å². The van der Waals surface area contributed by atoms with Crippen LogP contribution >= 0.6 is 22.9 Å². The Kier molecular flexibility index (Phi) is 6.05. The van der Waals surface area contributed by atoms with Gasteiger partial charge in [0.2, 0.25) is 5.91 Å². The predicted octanol–water partition coefficient (Wildman–Crippen LogP) is 2.51. The lowest BCUT2D eigenvalue weighted by Crippen LogP contribution is -2.51. The number of carbonyl (C=O) groups is 1. The van der Waals surface area contributed by atoms with Crippen LogP contribution in [0.4, 0.5) is 10.1 Å². The van der Waals surface area contributed by atoms with E-state index in [2.05, 4.69) is 0 Å². The Hall–Kier alpha value is -1.68. The number of hydrogen-bond acceptors (Lipinski definition) is 5. The third-order valence-corrected chi connectivity index (χ3v) is 7.90. The second-order valence-corrected chi connectivity index (χ2v) is 10.1. The zero-order valence-electron chi connectivity index (χ0n) is 14.6. The summed E-state index contributed by atoms with van der Waals surface area (Å²) >= 11 is 6.76. The van der Waals surface area contributed by atoms with E-state index in [1.807, 2.05) is 4.90 Å². The molecule has 146 valence electrons. The highest BCUT2D eigenvalue weighted by atomic mass is 35.5. The third kappa shape index (κ3) is 4.43. The van der Waals surface area contributed by atoms with Gasteiger partial charge in [-0.05, 0) is 24.3 Å². The van der Waals surface area contributed by atoms with Crippen molar-refractivity contribution in [1.82, 2.24) is 9.21 Å². The molecule has 10 heteroatoms. The van der Waals surface area contributed by atoms with Crippen molar-refractivity contribution in [3.05, 3.63) is 46.6 Å². The van der Waals surface area contributed by atoms with Crippen LogP contribution in [0.1, 0.15) is 0 Å². The number of thiophene rings is 1. The summed E-state index contributed by atoms with van der Waals surface area (Å²) in [7, 11) is -2.38. The standard InChI is InChI=1S/C17H19ClFN3O3S2/c1-20(27(24,25)17-7-6-15(18)26-17)12-16(23)22-10-8-21(9-11-22)14-5-3-2-4-13(14)19/h2-7H,8-12H2,1H3. The summed E-state index contributed by atoms with van der Waals surface area (Å²) < 4.78 is 40.4. The molecule has 1 fully saturated rings. The Morgan fingerprint density at radius 2 is 1.85 bits per heavy atom. The quantitative estimate of drug-likeness (QED) is 0.729. The lowest BCUT2D eigenvalue weighted by atomic mass is 10.2. The highest BCUT2D eigenvalue weighted by Gasteiger charge is 2.28. The number of amides is 1. The van der Waals surface area contributed by atoms with Crippen LogP contribution in [0, 0.1) is 5.82 Å². The summed E-state index contributed by atoms with van der Waals surface area (Å²) in [5, 5.41) is 0. The molecule has 3 rings (SSSR count). The van der Waals surface area contributed by atoms with Crippen LogP contribution in [0.25, 0.3) is 0 Å². The van der Waals surface area contributed by atoms with Crippen molar-refractivity contribution in [1.29, 1.82) is 0 Å². The highest BCUT2D eigenvalue weighted by molar-refractivity contribution is 7.91. The minimum absolute atomic E-state index is 0.104. The predicted molar refractivity (Wildman–Crippen MR) is 104 cm³/mol. The van der Waals surface area contributed by atoms with Crippen LogP contribution in [0.15, 0.2) is 40.6 Å². The number of para-hydroxylation sites is 1. The van der Waals surface area contributed by atoms with Crippen molar-refractivity contribution in [2.24, 2.45) is 0 Å². The van der Waals surface area contributed by atoms with E-state index in [1.165, 1.54) is 25.2 Å². The molecule has 0 atom stereocenters. The first-order chi connectivity index (χ1) is 12.8. The molecule has 1 saturated heterocycles. The van der Waals surface area contributed by atoms with E-state index >= 15 is 0 Å². The van der Waals surface area contributed by atoms with Crippen LogP contribution in [0.5, 0.6) is 0 Å². The maximum Gasteiger partial charge on any atom is 0.252 e. The molecule has 1 aromatic carbocycles. The molecule has 0 radical (unpaired) electrons. The molecule has 0 bridgehead atoms. The highest BCUT2D eigenvalue weighted by Crippen LogP contribution is 2.27. The molecule has 1 aliphatic heterocycles. The average molecular weight is 432 g/mol. The topological polar surface area (TPSA) is 60.9 Å². The fourth-order valence-electron chi connectivity index (χ4n) is 2.87. The van der Waals surface area contributed by atoms with Gasteiger partial charge in [-0.1, -0.05) is 23.7 Å². The SMILES string of the molecule is CN(CC(=O)N1CCN(c2ccccc2F)CC1)S(=O)(=O)c1ccc(Cl)s1. The Balaban J connectivity index is 1.59. The number of anilines is 1. The summed E-state index contributed by atoms with van der Waals surface area (Å²) in [6.45, 7) is 1.54. The fourth-order valence-corrected chi connectivity index (χ4v) is 5.68. The van der Waals surface area contributed by atoms with E-state index in [0.29, 0.717) is 36.2 Å². The minimum Gasteiger partial charge on any atom is -0.366 e. The number of carbonyl (C=O) groups excluding carboxylic acids is 1. The molecule has 1 aliphatic rings. The Labute approximate surface area is 166 Å². The lowest BCUT2D eigenvalue weighted by Gasteiger charge is -2.36. The molecular weight excluding hydrogens is 413 g/mol.